The predicted molar refractivity (Wildman–Crippen MR) is 126 cm³/mol. The second-order valence-electron chi connectivity index (χ2n) is 8.03. The molecule has 7 heteroatoms. The first-order valence-electron chi connectivity index (χ1n) is 10.3. The fourth-order valence-electron chi connectivity index (χ4n) is 4.13. The molecule has 0 radical (unpaired) electrons. The van der Waals surface area contributed by atoms with Gasteiger partial charge in [0.2, 0.25) is 0 Å². The second kappa shape index (κ2) is 11.6. The van der Waals surface area contributed by atoms with Gasteiger partial charge in [-0.1, -0.05) is 33.1 Å². The number of piperidine rings is 1. The van der Waals surface area contributed by atoms with Crippen molar-refractivity contribution >= 4 is 41.3 Å². The van der Waals surface area contributed by atoms with Crippen LogP contribution < -0.4 is 10.6 Å². The Bertz CT molecular complexity index is 583. The Morgan fingerprint density at radius 2 is 2.04 bits per heavy atom. The van der Waals surface area contributed by atoms with Crippen LogP contribution in [-0.2, 0) is 6.54 Å². The van der Waals surface area contributed by atoms with E-state index in [0.29, 0.717) is 12.0 Å². The summed E-state index contributed by atoms with van der Waals surface area (Å²) in [6.45, 7) is 7.54. The Morgan fingerprint density at radius 3 is 2.70 bits per heavy atom. The predicted octanol–water partition coefficient (Wildman–Crippen LogP) is 4.35. The first-order valence-corrected chi connectivity index (χ1v) is 11.2. The van der Waals surface area contributed by atoms with Gasteiger partial charge in [-0.15, -0.1) is 35.3 Å². The van der Waals surface area contributed by atoms with Crippen LogP contribution in [0.2, 0.25) is 0 Å². The third-order valence-corrected chi connectivity index (χ3v) is 6.80. The highest BCUT2D eigenvalue weighted by Gasteiger charge is 2.27. The number of guanidine groups is 1. The van der Waals surface area contributed by atoms with Crippen LogP contribution in [0.25, 0.3) is 0 Å². The molecule has 0 aromatic carbocycles. The average molecular weight is 506 g/mol. The van der Waals surface area contributed by atoms with Crippen molar-refractivity contribution in [2.45, 2.75) is 83.3 Å². The first-order chi connectivity index (χ1) is 12.7. The van der Waals surface area contributed by atoms with E-state index in [2.05, 4.69) is 39.8 Å². The van der Waals surface area contributed by atoms with Crippen LogP contribution in [0.1, 0.15) is 75.4 Å². The van der Waals surface area contributed by atoms with Gasteiger partial charge >= 0.3 is 0 Å². The summed E-state index contributed by atoms with van der Waals surface area (Å²) >= 11 is 1.75. The summed E-state index contributed by atoms with van der Waals surface area (Å²) in [4.78, 5) is 11.9. The lowest BCUT2D eigenvalue weighted by atomic mass is 9.92. The van der Waals surface area contributed by atoms with Gasteiger partial charge in [-0.2, -0.15) is 0 Å². The van der Waals surface area contributed by atoms with Crippen LogP contribution >= 0.6 is 35.3 Å². The molecule has 1 aliphatic heterocycles. The third-order valence-electron chi connectivity index (χ3n) is 5.61. The molecule has 0 spiro atoms. The smallest absolute Gasteiger partial charge is 0.191 e. The van der Waals surface area contributed by atoms with Crippen molar-refractivity contribution in [3.8, 4) is 0 Å². The van der Waals surface area contributed by atoms with Gasteiger partial charge in [-0.3, -0.25) is 9.89 Å². The van der Waals surface area contributed by atoms with Crippen LogP contribution in [0.3, 0.4) is 0 Å². The Labute approximate surface area is 185 Å². The highest BCUT2D eigenvalue weighted by atomic mass is 127. The minimum absolute atomic E-state index is 0. The number of hydrogen-bond donors (Lipinski definition) is 2. The molecular formula is C20H36IN5S. The van der Waals surface area contributed by atoms with Crippen LogP contribution in [0, 0.1) is 0 Å². The number of aromatic nitrogens is 1. The number of likely N-dealkylation sites (tertiary alicyclic amines) is 1. The van der Waals surface area contributed by atoms with Gasteiger partial charge in [-0.25, -0.2) is 4.98 Å². The molecule has 2 aliphatic rings. The summed E-state index contributed by atoms with van der Waals surface area (Å²) in [7, 11) is 1.86. The van der Waals surface area contributed by atoms with E-state index in [1.807, 2.05) is 7.05 Å². The van der Waals surface area contributed by atoms with Crippen molar-refractivity contribution in [2.24, 2.45) is 4.99 Å². The molecule has 1 aromatic rings. The van der Waals surface area contributed by atoms with Crippen molar-refractivity contribution in [1.82, 2.24) is 20.5 Å². The molecule has 1 atom stereocenters. The van der Waals surface area contributed by atoms with Crippen molar-refractivity contribution in [3.63, 3.8) is 0 Å². The lowest BCUT2D eigenvalue weighted by Gasteiger charge is -2.40. The Kier molecular flexibility index (Phi) is 9.79. The highest BCUT2D eigenvalue weighted by Crippen LogP contribution is 2.25. The number of rotatable bonds is 5. The maximum atomic E-state index is 4.70. The molecule has 1 saturated heterocycles. The molecule has 1 aromatic heterocycles. The molecule has 0 bridgehead atoms. The number of nitrogens with zero attached hydrogens (tertiary/aromatic N) is 3. The second-order valence-corrected chi connectivity index (χ2v) is 8.92. The topological polar surface area (TPSA) is 52.6 Å². The summed E-state index contributed by atoms with van der Waals surface area (Å²) in [5.74, 6) is 1.40. The zero-order valence-corrected chi connectivity index (χ0v) is 20.2. The molecule has 2 N–H and O–H groups in total. The summed E-state index contributed by atoms with van der Waals surface area (Å²) in [6, 6.07) is 1.31. The summed E-state index contributed by atoms with van der Waals surface area (Å²) in [5.41, 5.74) is 1.11. The molecule has 2 heterocycles. The number of nitrogens with one attached hydrogen (secondary N) is 2. The van der Waals surface area contributed by atoms with Gasteiger partial charge < -0.3 is 10.6 Å². The van der Waals surface area contributed by atoms with Gasteiger partial charge in [0.1, 0.15) is 0 Å². The van der Waals surface area contributed by atoms with Gasteiger partial charge in [0.15, 0.2) is 5.96 Å². The van der Waals surface area contributed by atoms with E-state index in [1.54, 1.807) is 11.3 Å². The van der Waals surface area contributed by atoms with E-state index in [4.69, 9.17) is 4.98 Å². The molecular weight excluding hydrogens is 469 g/mol. The maximum absolute atomic E-state index is 4.70. The van der Waals surface area contributed by atoms with Gasteiger partial charge in [0.05, 0.1) is 17.2 Å². The van der Waals surface area contributed by atoms with Gasteiger partial charge in [0.25, 0.3) is 0 Å². The SMILES string of the molecule is CN=C(NCc1csc(C(C)C)n1)NC1CCCN(C2CCCCC2)C1.I. The van der Waals surface area contributed by atoms with Crippen LogP contribution in [-0.4, -0.2) is 48.1 Å². The summed E-state index contributed by atoms with van der Waals surface area (Å²) in [6.07, 6.45) is 9.55. The minimum Gasteiger partial charge on any atom is -0.352 e. The largest absolute Gasteiger partial charge is 0.352 e. The quantitative estimate of drug-likeness (QED) is 0.355. The van der Waals surface area contributed by atoms with E-state index < -0.39 is 0 Å². The van der Waals surface area contributed by atoms with Crippen molar-refractivity contribution in [3.05, 3.63) is 16.1 Å². The van der Waals surface area contributed by atoms with Gasteiger partial charge in [-0.05, 0) is 32.2 Å². The fraction of sp³-hybridized carbons (Fsp3) is 0.800. The fourth-order valence-corrected chi connectivity index (χ4v) is 4.97. The Balaban J connectivity index is 0.00000261. The Hall–Kier alpha value is -0.410. The lowest BCUT2D eigenvalue weighted by Crippen LogP contribution is -2.53. The van der Waals surface area contributed by atoms with Crippen LogP contribution in [0.4, 0.5) is 0 Å². The van der Waals surface area contributed by atoms with E-state index >= 15 is 0 Å². The van der Waals surface area contributed by atoms with Crippen molar-refractivity contribution < 1.29 is 0 Å². The number of halogens is 1. The van der Waals surface area contributed by atoms with Crippen molar-refractivity contribution in [1.29, 1.82) is 0 Å². The normalized spacial score (nSPS) is 22.5. The average Bonchev–Trinajstić information content (AvgIpc) is 3.15. The van der Waals surface area contributed by atoms with Crippen LogP contribution in [0.15, 0.2) is 10.4 Å². The molecule has 0 amide bonds. The van der Waals surface area contributed by atoms with E-state index in [-0.39, 0.29) is 24.0 Å². The van der Waals surface area contributed by atoms with E-state index in [0.717, 1.165) is 30.8 Å². The number of aliphatic imine (C=N–C) groups is 1. The Morgan fingerprint density at radius 1 is 1.26 bits per heavy atom. The van der Waals surface area contributed by atoms with Crippen LogP contribution in [0.5, 0.6) is 0 Å². The number of hydrogen-bond acceptors (Lipinski definition) is 4. The minimum atomic E-state index is 0. The molecule has 3 rings (SSSR count). The molecule has 2 fully saturated rings. The zero-order chi connectivity index (χ0) is 18.4. The maximum Gasteiger partial charge on any atom is 0.191 e. The number of thiazole rings is 1. The highest BCUT2D eigenvalue weighted by molar-refractivity contribution is 14.0. The van der Waals surface area contributed by atoms with Gasteiger partial charge in [0, 0.05) is 37.0 Å². The molecule has 1 saturated carbocycles. The molecule has 5 nitrogen and oxygen atoms in total. The molecule has 1 unspecified atom stereocenters. The van der Waals surface area contributed by atoms with E-state index in [1.165, 1.54) is 56.5 Å². The lowest BCUT2D eigenvalue weighted by molar-refractivity contribution is 0.115. The zero-order valence-electron chi connectivity index (χ0n) is 17.0. The third kappa shape index (κ3) is 6.85. The summed E-state index contributed by atoms with van der Waals surface area (Å²) in [5, 5.41) is 10.5. The molecule has 1 aliphatic carbocycles. The molecule has 154 valence electrons. The van der Waals surface area contributed by atoms with E-state index in [9.17, 15) is 0 Å². The monoisotopic (exact) mass is 505 g/mol. The standard InChI is InChI=1S/C20H35N5S.HI/c1-15(2)19-23-17(14-26-19)12-22-20(21-3)24-16-8-7-11-25(13-16)18-9-5-4-6-10-18;/h14-16,18H,4-13H2,1-3H3,(H2,21,22,24);1H. The summed E-state index contributed by atoms with van der Waals surface area (Å²) < 4.78 is 0. The molecule has 27 heavy (non-hydrogen) atoms. The first kappa shape index (κ1) is 22.9. The van der Waals surface area contributed by atoms with Crippen molar-refractivity contribution in [2.75, 3.05) is 20.1 Å².